The maximum absolute atomic E-state index is 6.64. The highest BCUT2D eigenvalue weighted by atomic mass is 16.5. The molecule has 8 atom stereocenters. The van der Waals surface area contributed by atoms with Crippen molar-refractivity contribution < 1.29 is 4.74 Å². The summed E-state index contributed by atoms with van der Waals surface area (Å²) in [5.74, 6) is 4.75. The van der Waals surface area contributed by atoms with Crippen LogP contribution in [0.2, 0.25) is 0 Å². The number of hydrogen-bond acceptors (Lipinski definition) is 3. The minimum Gasteiger partial charge on any atom is -0.487 e. The van der Waals surface area contributed by atoms with Gasteiger partial charge in [0, 0.05) is 16.5 Å². The molecule has 0 bridgehead atoms. The molecule has 3 fully saturated rings. The summed E-state index contributed by atoms with van der Waals surface area (Å²) in [7, 11) is 0. The van der Waals surface area contributed by atoms with Gasteiger partial charge in [0.25, 0.3) is 0 Å². The second-order valence-electron chi connectivity index (χ2n) is 14.7. The molecule has 0 radical (unpaired) electrons. The maximum Gasteiger partial charge on any atom is 0.142 e. The number of anilines is 2. The van der Waals surface area contributed by atoms with Gasteiger partial charge in [0.2, 0.25) is 0 Å². The molecule has 0 aromatic heterocycles. The summed E-state index contributed by atoms with van der Waals surface area (Å²) >= 11 is 0. The van der Waals surface area contributed by atoms with Crippen LogP contribution in [-0.4, -0.2) is 6.10 Å². The van der Waals surface area contributed by atoms with Gasteiger partial charge in [-0.1, -0.05) is 57.1 Å². The number of rotatable bonds is 7. The molecule has 0 heterocycles. The van der Waals surface area contributed by atoms with Gasteiger partial charge in [0.15, 0.2) is 0 Å². The summed E-state index contributed by atoms with van der Waals surface area (Å²) in [4.78, 5) is 0. The van der Waals surface area contributed by atoms with E-state index in [0.29, 0.717) is 22.7 Å². The molecule has 4 N–H and O–H groups in total. The van der Waals surface area contributed by atoms with Crippen LogP contribution in [0.15, 0.2) is 54.2 Å². The van der Waals surface area contributed by atoms with Gasteiger partial charge in [0.1, 0.15) is 11.9 Å². The standard InChI is InChI=1S/C36H54N2O/c1-8-36-21-19-33(39-31-16-12-25(37)22-30(31)38)34(5,6)32(36)17-13-26-28-15-14-27(24(4)11-9-10-23(2)3)35(28,7)20-18-29(26)36/h8,10,12,16-17,22,24,26-29,33H,1,9,11,13-15,18-21,37-38H2,2-7H3. The Hall–Kier alpha value is -2.16. The first-order chi connectivity index (χ1) is 18.4. The molecule has 214 valence electrons. The topological polar surface area (TPSA) is 61.3 Å². The third-order valence-corrected chi connectivity index (χ3v) is 12.1. The zero-order valence-electron chi connectivity index (χ0n) is 25.6. The molecule has 0 spiro atoms. The molecule has 0 aliphatic heterocycles. The first-order valence-electron chi connectivity index (χ1n) is 15.7. The lowest BCUT2D eigenvalue weighted by atomic mass is 9.43. The van der Waals surface area contributed by atoms with Gasteiger partial charge in [-0.25, -0.2) is 0 Å². The van der Waals surface area contributed by atoms with Crippen molar-refractivity contribution in [2.24, 2.45) is 45.8 Å². The zero-order valence-corrected chi connectivity index (χ0v) is 25.6. The number of nitrogens with two attached hydrogens (primary N) is 2. The molecule has 3 nitrogen and oxygen atoms in total. The van der Waals surface area contributed by atoms with Crippen LogP contribution in [-0.2, 0) is 0 Å². The molecule has 0 amide bonds. The van der Waals surface area contributed by atoms with Crippen molar-refractivity contribution in [3.63, 3.8) is 0 Å². The largest absolute Gasteiger partial charge is 0.487 e. The van der Waals surface area contributed by atoms with E-state index in [1.54, 1.807) is 11.6 Å². The predicted octanol–water partition coefficient (Wildman–Crippen LogP) is 9.36. The predicted molar refractivity (Wildman–Crippen MR) is 166 cm³/mol. The van der Waals surface area contributed by atoms with Gasteiger partial charge in [-0.3, -0.25) is 0 Å². The Morgan fingerprint density at radius 2 is 1.85 bits per heavy atom. The Kier molecular flexibility index (Phi) is 7.53. The highest BCUT2D eigenvalue weighted by molar-refractivity contribution is 5.60. The summed E-state index contributed by atoms with van der Waals surface area (Å²) in [5, 5.41) is 0. The molecule has 3 saturated carbocycles. The van der Waals surface area contributed by atoms with Crippen molar-refractivity contribution in [3.05, 3.63) is 54.2 Å². The lowest BCUT2D eigenvalue weighted by Crippen LogP contribution is -2.55. The van der Waals surface area contributed by atoms with Gasteiger partial charge < -0.3 is 16.2 Å². The van der Waals surface area contributed by atoms with Crippen molar-refractivity contribution in [2.75, 3.05) is 11.5 Å². The second-order valence-corrected chi connectivity index (χ2v) is 14.7. The van der Waals surface area contributed by atoms with E-state index in [1.807, 2.05) is 12.1 Å². The monoisotopic (exact) mass is 530 g/mol. The Morgan fingerprint density at radius 1 is 1.08 bits per heavy atom. The number of nitrogen functional groups attached to an aromatic ring is 2. The van der Waals surface area contributed by atoms with Crippen LogP contribution in [0.25, 0.3) is 0 Å². The summed E-state index contributed by atoms with van der Waals surface area (Å²) in [6.07, 6.45) is 19.0. The van der Waals surface area contributed by atoms with Crippen molar-refractivity contribution in [3.8, 4) is 5.75 Å². The molecule has 8 unspecified atom stereocenters. The number of fused-ring (bicyclic) bond motifs is 5. The van der Waals surface area contributed by atoms with E-state index in [1.165, 1.54) is 50.5 Å². The van der Waals surface area contributed by atoms with E-state index >= 15 is 0 Å². The lowest BCUT2D eigenvalue weighted by Gasteiger charge is -2.61. The number of allylic oxidation sites excluding steroid dienone is 4. The average Bonchev–Trinajstić information content (AvgIpc) is 3.24. The van der Waals surface area contributed by atoms with E-state index in [4.69, 9.17) is 16.2 Å². The first kappa shape index (κ1) is 28.4. The Labute approximate surface area is 238 Å². The van der Waals surface area contributed by atoms with Crippen LogP contribution < -0.4 is 16.2 Å². The first-order valence-corrected chi connectivity index (χ1v) is 15.7. The van der Waals surface area contributed by atoms with Crippen LogP contribution in [0.1, 0.15) is 99.3 Å². The van der Waals surface area contributed by atoms with Gasteiger partial charge in [0.05, 0.1) is 5.69 Å². The number of ether oxygens (including phenoxy) is 1. The fourth-order valence-corrected chi connectivity index (χ4v) is 10.2. The molecular formula is C36H54N2O. The molecule has 4 aliphatic rings. The van der Waals surface area contributed by atoms with Crippen LogP contribution in [0, 0.1) is 45.8 Å². The molecule has 3 heteroatoms. The Bertz CT molecular complexity index is 1140. The molecule has 4 aliphatic carbocycles. The SMILES string of the molecule is C=CC12CCC(Oc3ccc(N)cc3N)C(C)(C)C1=CCC1C2CCC2(C)C(C(C)CCC=C(C)C)CCC12. The maximum atomic E-state index is 6.64. The smallest absolute Gasteiger partial charge is 0.142 e. The lowest BCUT2D eigenvalue weighted by molar-refractivity contribution is -0.0639. The zero-order chi connectivity index (χ0) is 28.2. The third-order valence-electron chi connectivity index (χ3n) is 12.1. The number of benzene rings is 1. The van der Waals surface area contributed by atoms with Crippen LogP contribution in [0.3, 0.4) is 0 Å². The van der Waals surface area contributed by atoms with E-state index in [-0.39, 0.29) is 16.9 Å². The molecular weight excluding hydrogens is 476 g/mol. The minimum absolute atomic E-state index is 0.0797. The van der Waals surface area contributed by atoms with Crippen molar-refractivity contribution in [1.82, 2.24) is 0 Å². The molecule has 5 rings (SSSR count). The van der Waals surface area contributed by atoms with Crippen LogP contribution in [0.4, 0.5) is 11.4 Å². The average molecular weight is 531 g/mol. The minimum atomic E-state index is -0.0797. The second kappa shape index (κ2) is 10.3. The van der Waals surface area contributed by atoms with Gasteiger partial charge >= 0.3 is 0 Å². The highest BCUT2D eigenvalue weighted by Crippen LogP contribution is 2.69. The Morgan fingerprint density at radius 3 is 2.54 bits per heavy atom. The summed E-state index contributed by atoms with van der Waals surface area (Å²) in [6.45, 7) is 19.0. The van der Waals surface area contributed by atoms with Crippen molar-refractivity contribution in [2.45, 2.75) is 105 Å². The fraction of sp³-hybridized carbons (Fsp3) is 0.667. The summed E-state index contributed by atoms with van der Waals surface area (Å²) < 4.78 is 6.64. The van der Waals surface area contributed by atoms with Gasteiger partial charge in [-0.15, -0.1) is 6.58 Å². The fourth-order valence-electron chi connectivity index (χ4n) is 10.2. The van der Waals surface area contributed by atoms with Crippen molar-refractivity contribution in [1.29, 1.82) is 0 Å². The Balaban J connectivity index is 1.39. The quantitative estimate of drug-likeness (QED) is 0.273. The van der Waals surface area contributed by atoms with E-state index in [2.05, 4.69) is 66.3 Å². The van der Waals surface area contributed by atoms with E-state index in [9.17, 15) is 0 Å². The van der Waals surface area contributed by atoms with Gasteiger partial charge in [-0.2, -0.15) is 0 Å². The summed E-state index contributed by atoms with van der Waals surface area (Å²) in [6, 6.07) is 5.62. The molecule has 0 saturated heterocycles. The third kappa shape index (κ3) is 4.66. The number of hydrogen-bond donors (Lipinski definition) is 2. The summed E-state index contributed by atoms with van der Waals surface area (Å²) in [5.41, 5.74) is 17.1. The van der Waals surface area contributed by atoms with E-state index in [0.717, 1.165) is 42.3 Å². The van der Waals surface area contributed by atoms with Crippen LogP contribution >= 0.6 is 0 Å². The van der Waals surface area contributed by atoms with Crippen molar-refractivity contribution >= 4 is 11.4 Å². The normalized spacial score (nSPS) is 37.5. The van der Waals surface area contributed by atoms with Crippen LogP contribution in [0.5, 0.6) is 5.75 Å². The molecule has 39 heavy (non-hydrogen) atoms. The van der Waals surface area contributed by atoms with E-state index < -0.39 is 0 Å². The highest BCUT2D eigenvalue weighted by Gasteiger charge is 2.62. The molecule has 1 aromatic rings. The molecule has 1 aromatic carbocycles. The van der Waals surface area contributed by atoms with Gasteiger partial charge in [-0.05, 0) is 125 Å².